The lowest BCUT2D eigenvalue weighted by Gasteiger charge is -2.33. The van der Waals surface area contributed by atoms with Crippen molar-refractivity contribution in [1.82, 2.24) is 0 Å². The number of hydrogen-bond donors (Lipinski definition) is 1. The molecule has 0 amide bonds. The first-order valence-corrected chi connectivity index (χ1v) is 11.4. The van der Waals surface area contributed by atoms with Crippen LogP contribution in [0.5, 0.6) is 0 Å². The average molecular weight is 418 g/mol. The molecule has 1 unspecified atom stereocenters. The Morgan fingerprint density at radius 2 is 2.14 bits per heavy atom. The summed E-state index contributed by atoms with van der Waals surface area (Å²) in [4.78, 5) is 33.0. The number of thiophene rings is 1. The summed E-state index contributed by atoms with van der Waals surface area (Å²) in [6.45, 7) is 8.62. The van der Waals surface area contributed by atoms with Gasteiger partial charge in [-0.3, -0.25) is 14.6 Å². The van der Waals surface area contributed by atoms with Gasteiger partial charge in [-0.1, -0.05) is 0 Å². The molecule has 2 atom stereocenters. The van der Waals surface area contributed by atoms with Crippen LogP contribution in [0.1, 0.15) is 49.5 Å². The molecule has 1 aromatic heterocycles. The van der Waals surface area contributed by atoms with Gasteiger partial charge in [0.15, 0.2) is 5.78 Å². The number of quaternary nitrogens is 1. The molecule has 1 aliphatic carbocycles. The van der Waals surface area contributed by atoms with Crippen molar-refractivity contribution in [3.05, 3.63) is 33.2 Å². The number of ketones is 1. The highest BCUT2D eigenvalue weighted by molar-refractivity contribution is 7.10. The van der Waals surface area contributed by atoms with Gasteiger partial charge in [0.05, 0.1) is 19.8 Å². The molecule has 0 bridgehead atoms. The summed E-state index contributed by atoms with van der Waals surface area (Å²) in [5.74, 6) is -0.932. The van der Waals surface area contributed by atoms with E-state index in [2.05, 4.69) is 16.4 Å². The molecule has 0 saturated carbocycles. The van der Waals surface area contributed by atoms with Crippen molar-refractivity contribution in [2.24, 2.45) is 10.9 Å². The van der Waals surface area contributed by atoms with Gasteiger partial charge in [-0.2, -0.15) is 0 Å². The number of esters is 1. The van der Waals surface area contributed by atoms with Crippen molar-refractivity contribution >= 4 is 28.8 Å². The number of carbonyl (C=O) groups is 2. The number of carbonyl (C=O) groups excluding carboxylic acids is 2. The lowest BCUT2D eigenvalue weighted by molar-refractivity contribution is -0.921. The van der Waals surface area contributed by atoms with E-state index >= 15 is 0 Å². The van der Waals surface area contributed by atoms with E-state index in [0.29, 0.717) is 13.0 Å². The monoisotopic (exact) mass is 417 g/mol. The minimum absolute atomic E-state index is 0.135. The zero-order valence-electron chi connectivity index (χ0n) is 17.2. The minimum Gasteiger partial charge on any atom is -0.465 e. The Bertz CT molecular complexity index is 851. The molecule has 6 nitrogen and oxygen atoms in total. The lowest BCUT2D eigenvalue weighted by Crippen LogP contribution is -3.12. The van der Waals surface area contributed by atoms with Crippen molar-refractivity contribution in [3.8, 4) is 0 Å². The fourth-order valence-electron chi connectivity index (χ4n) is 4.63. The Labute approximate surface area is 175 Å². The number of morpholine rings is 1. The molecule has 2 aliphatic heterocycles. The van der Waals surface area contributed by atoms with Gasteiger partial charge < -0.3 is 14.4 Å². The van der Waals surface area contributed by atoms with Gasteiger partial charge in [0.25, 0.3) is 0 Å². The molecular weight excluding hydrogens is 388 g/mol. The zero-order valence-corrected chi connectivity index (χ0v) is 18.0. The van der Waals surface area contributed by atoms with Crippen molar-refractivity contribution in [2.45, 2.75) is 45.6 Å². The summed E-state index contributed by atoms with van der Waals surface area (Å²) in [6, 6.07) is 2.19. The lowest BCUT2D eigenvalue weighted by atomic mass is 9.74. The Morgan fingerprint density at radius 3 is 2.90 bits per heavy atom. The maximum absolute atomic E-state index is 12.9. The molecule has 0 spiro atoms. The zero-order chi connectivity index (χ0) is 20.4. The predicted molar refractivity (Wildman–Crippen MR) is 111 cm³/mol. The quantitative estimate of drug-likeness (QED) is 0.743. The van der Waals surface area contributed by atoms with E-state index in [0.717, 1.165) is 67.5 Å². The van der Waals surface area contributed by atoms with Crippen LogP contribution in [0.3, 0.4) is 0 Å². The van der Waals surface area contributed by atoms with E-state index in [1.165, 1.54) is 10.5 Å². The van der Waals surface area contributed by atoms with Crippen LogP contribution in [0.25, 0.3) is 0 Å². The minimum atomic E-state index is -0.516. The first-order chi connectivity index (χ1) is 14.1. The van der Waals surface area contributed by atoms with Crippen LogP contribution in [0.15, 0.2) is 27.7 Å². The second-order valence-corrected chi connectivity index (χ2v) is 8.94. The summed E-state index contributed by atoms with van der Waals surface area (Å²) in [5.41, 5.74) is 3.64. The van der Waals surface area contributed by atoms with E-state index in [9.17, 15) is 9.59 Å². The highest BCUT2D eigenvalue weighted by atomic mass is 32.1. The van der Waals surface area contributed by atoms with E-state index in [4.69, 9.17) is 9.47 Å². The summed E-state index contributed by atoms with van der Waals surface area (Å²) >= 11 is 1.65. The molecule has 1 fully saturated rings. The molecule has 3 heterocycles. The van der Waals surface area contributed by atoms with Gasteiger partial charge >= 0.3 is 5.97 Å². The number of Topliss-reactive ketones (excluding diaryl/α,β-unsaturated/α-hetero) is 1. The number of aliphatic imine (C=N–C) groups is 1. The number of ether oxygens (including phenoxy) is 2. The van der Waals surface area contributed by atoms with Crippen LogP contribution in [0.4, 0.5) is 0 Å². The molecule has 7 heteroatoms. The van der Waals surface area contributed by atoms with Crippen LogP contribution in [-0.4, -0.2) is 50.4 Å². The summed E-state index contributed by atoms with van der Waals surface area (Å²) in [7, 11) is 0. The van der Waals surface area contributed by atoms with Gasteiger partial charge in [-0.05, 0) is 38.1 Å². The number of allylic oxidation sites excluding steroid dienone is 2. The molecule has 4 rings (SSSR count). The van der Waals surface area contributed by atoms with Gasteiger partial charge in [0.1, 0.15) is 25.6 Å². The van der Waals surface area contributed by atoms with Crippen LogP contribution in [0, 0.1) is 5.92 Å². The van der Waals surface area contributed by atoms with Crippen LogP contribution in [-0.2, 0) is 25.6 Å². The molecular formula is C22H29N2O4S+. The first kappa shape index (κ1) is 20.4. The number of nitrogens with one attached hydrogen (secondary N) is 1. The predicted octanol–water partition coefficient (Wildman–Crippen LogP) is 1.91. The summed E-state index contributed by atoms with van der Waals surface area (Å²) in [6.07, 6.45) is 2.18. The maximum atomic E-state index is 12.9. The second-order valence-electron chi connectivity index (χ2n) is 7.99. The first-order valence-electron chi connectivity index (χ1n) is 10.5. The number of rotatable bonds is 5. The molecule has 1 aromatic rings. The Hall–Kier alpha value is -1.83. The van der Waals surface area contributed by atoms with Crippen molar-refractivity contribution in [1.29, 1.82) is 0 Å². The standard InChI is InChI=1S/C22H28N2O4S/c1-3-28-22(26)19-14(2)23-16-5-4-6-17(25)20(16)21(19)18-11-15(13-29-18)12-24-7-9-27-10-8-24/h11,13,19,21H,3-10,12H2,1-2H3/p+1/t19?,21-/m1/s1. The molecule has 3 aliphatic rings. The summed E-state index contributed by atoms with van der Waals surface area (Å²) < 4.78 is 10.8. The largest absolute Gasteiger partial charge is 0.465 e. The topological polar surface area (TPSA) is 69.4 Å². The fraction of sp³-hybridized carbons (Fsp3) is 0.591. The molecule has 156 valence electrons. The van der Waals surface area contributed by atoms with Crippen molar-refractivity contribution in [2.75, 3.05) is 32.9 Å². The normalized spacial score (nSPS) is 25.6. The SMILES string of the molecule is CCOC(=O)C1C(C)=NC2=C(C(=O)CCC2)[C@@H]1c1cc(C[NH+]2CCOCC2)cs1. The number of hydrogen-bond acceptors (Lipinski definition) is 6. The third kappa shape index (κ3) is 4.22. The Kier molecular flexibility index (Phi) is 6.27. The smallest absolute Gasteiger partial charge is 0.315 e. The van der Waals surface area contributed by atoms with E-state index < -0.39 is 5.92 Å². The second kappa shape index (κ2) is 8.90. The van der Waals surface area contributed by atoms with Gasteiger partial charge in [-0.15, -0.1) is 11.3 Å². The third-order valence-electron chi connectivity index (χ3n) is 6.01. The van der Waals surface area contributed by atoms with E-state index in [1.807, 2.05) is 13.8 Å². The molecule has 0 aromatic carbocycles. The molecule has 0 radical (unpaired) electrons. The van der Waals surface area contributed by atoms with Crippen molar-refractivity contribution in [3.63, 3.8) is 0 Å². The van der Waals surface area contributed by atoms with Crippen LogP contribution >= 0.6 is 11.3 Å². The van der Waals surface area contributed by atoms with E-state index in [-0.39, 0.29) is 17.7 Å². The summed E-state index contributed by atoms with van der Waals surface area (Å²) in [5, 5.41) is 2.18. The fourth-order valence-corrected chi connectivity index (χ4v) is 5.69. The Balaban J connectivity index is 1.67. The number of nitrogens with zero attached hydrogens (tertiary/aromatic N) is 1. The van der Waals surface area contributed by atoms with Gasteiger partial charge in [0, 0.05) is 39.8 Å². The maximum Gasteiger partial charge on any atom is 0.315 e. The molecule has 1 saturated heterocycles. The van der Waals surface area contributed by atoms with Gasteiger partial charge in [-0.25, -0.2) is 0 Å². The van der Waals surface area contributed by atoms with Crippen LogP contribution < -0.4 is 4.90 Å². The third-order valence-corrected chi connectivity index (χ3v) is 7.07. The average Bonchev–Trinajstić information content (AvgIpc) is 3.16. The Morgan fingerprint density at radius 1 is 1.34 bits per heavy atom. The van der Waals surface area contributed by atoms with Crippen molar-refractivity contribution < 1.29 is 24.0 Å². The van der Waals surface area contributed by atoms with Gasteiger partial charge in [0.2, 0.25) is 0 Å². The highest BCUT2D eigenvalue weighted by Gasteiger charge is 2.43. The highest BCUT2D eigenvalue weighted by Crippen LogP contribution is 2.45. The van der Waals surface area contributed by atoms with E-state index in [1.54, 1.807) is 11.3 Å². The molecule has 1 N–H and O–H groups in total. The molecule has 29 heavy (non-hydrogen) atoms. The van der Waals surface area contributed by atoms with Crippen LogP contribution in [0.2, 0.25) is 0 Å².